The smallest absolute Gasteiger partial charge is 0.315 e. The molecule has 0 aliphatic heterocycles. The van der Waals surface area contributed by atoms with Gasteiger partial charge < -0.3 is 5.32 Å². The number of anilines is 1. The summed E-state index contributed by atoms with van der Waals surface area (Å²) in [6.07, 6.45) is -4.77. The minimum Gasteiger partial charge on any atom is -0.315 e. The Morgan fingerprint density at radius 3 is 2.57 bits per heavy atom. The number of hydrogen-bond donors (Lipinski definition) is 1. The number of hydrogen-bond acceptors (Lipinski definition) is 5. The maximum absolute atomic E-state index is 13.2. The lowest BCUT2D eigenvalue weighted by atomic mass is 10.2. The SMILES string of the molecule is Cc1cc(C(F)(F)F)n2nc(C(=O)Nc3ccc(Cl)cc3[N+](=O)[O-])c(Cl)c2n1. The van der Waals surface area contributed by atoms with Crippen molar-refractivity contribution >= 4 is 46.1 Å². The summed E-state index contributed by atoms with van der Waals surface area (Å²) in [4.78, 5) is 26.7. The molecule has 1 N–H and O–H groups in total. The van der Waals surface area contributed by atoms with Crippen molar-refractivity contribution in [2.75, 3.05) is 5.32 Å². The predicted octanol–water partition coefficient (Wildman–Crippen LogP) is 4.52. The highest BCUT2D eigenvalue weighted by Crippen LogP contribution is 2.33. The molecule has 2 aromatic heterocycles. The molecule has 0 aliphatic rings. The molecule has 3 rings (SSSR count). The molecular weight excluding hydrogens is 426 g/mol. The topological polar surface area (TPSA) is 102 Å². The van der Waals surface area contributed by atoms with Gasteiger partial charge in [0.2, 0.25) is 0 Å². The minimum absolute atomic E-state index is 0.0157. The Kier molecular flexibility index (Phi) is 4.90. The summed E-state index contributed by atoms with van der Waals surface area (Å²) in [6, 6.07) is 4.23. The van der Waals surface area contributed by atoms with E-state index in [0.29, 0.717) is 4.52 Å². The van der Waals surface area contributed by atoms with Crippen LogP contribution in [-0.4, -0.2) is 25.4 Å². The number of nitrogens with zero attached hydrogens (tertiary/aromatic N) is 4. The van der Waals surface area contributed by atoms with E-state index >= 15 is 0 Å². The Hall–Kier alpha value is -2.92. The molecule has 1 aromatic carbocycles. The number of alkyl halides is 3. The van der Waals surface area contributed by atoms with E-state index < -0.39 is 39.1 Å². The van der Waals surface area contributed by atoms with Crippen LogP contribution in [0, 0.1) is 17.0 Å². The van der Waals surface area contributed by atoms with Gasteiger partial charge in [0.25, 0.3) is 11.6 Å². The Bertz CT molecular complexity index is 1130. The molecule has 0 spiro atoms. The van der Waals surface area contributed by atoms with Gasteiger partial charge in [-0.2, -0.15) is 18.3 Å². The summed E-state index contributed by atoms with van der Waals surface area (Å²) in [5.74, 6) is -1.05. The van der Waals surface area contributed by atoms with Crippen molar-refractivity contribution in [2.45, 2.75) is 13.1 Å². The molecule has 8 nitrogen and oxygen atoms in total. The number of fused-ring (bicyclic) bond motifs is 1. The first-order valence-electron chi connectivity index (χ1n) is 7.37. The molecule has 146 valence electrons. The second-order valence-corrected chi connectivity index (χ2v) is 6.37. The Labute approximate surface area is 164 Å². The summed E-state index contributed by atoms with van der Waals surface area (Å²) < 4.78 is 40.1. The highest BCUT2D eigenvalue weighted by molar-refractivity contribution is 6.37. The van der Waals surface area contributed by atoms with Crippen molar-refractivity contribution in [2.24, 2.45) is 0 Å². The van der Waals surface area contributed by atoms with Gasteiger partial charge in [-0.15, -0.1) is 0 Å². The zero-order valence-corrected chi connectivity index (χ0v) is 15.2. The van der Waals surface area contributed by atoms with Crippen LogP contribution >= 0.6 is 23.2 Å². The van der Waals surface area contributed by atoms with Crippen LogP contribution in [0.3, 0.4) is 0 Å². The van der Waals surface area contributed by atoms with E-state index in [9.17, 15) is 28.1 Å². The molecule has 0 bridgehead atoms. The first kappa shape index (κ1) is 19.8. The Balaban J connectivity index is 2.09. The van der Waals surface area contributed by atoms with Crippen LogP contribution in [0.15, 0.2) is 24.3 Å². The van der Waals surface area contributed by atoms with Gasteiger partial charge in [-0.3, -0.25) is 14.9 Å². The van der Waals surface area contributed by atoms with Gasteiger partial charge in [0.05, 0.1) is 4.92 Å². The Morgan fingerprint density at radius 1 is 1.29 bits per heavy atom. The number of aryl methyl sites for hydroxylation is 1. The van der Waals surface area contributed by atoms with Crippen LogP contribution in [0.5, 0.6) is 0 Å². The summed E-state index contributed by atoms with van der Waals surface area (Å²) in [7, 11) is 0. The summed E-state index contributed by atoms with van der Waals surface area (Å²) in [5, 5.41) is 16.5. The fourth-order valence-electron chi connectivity index (χ4n) is 2.40. The molecule has 0 unspecified atom stereocenters. The van der Waals surface area contributed by atoms with Gasteiger partial charge in [0.1, 0.15) is 16.4 Å². The number of nitro benzene ring substituents is 1. The van der Waals surface area contributed by atoms with Gasteiger partial charge >= 0.3 is 6.18 Å². The lowest BCUT2D eigenvalue weighted by Crippen LogP contribution is -2.16. The fourth-order valence-corrected chi connectivity index (χ4v) is 2.82. The van der Waals surface area contributed by atoms with Crippen LogP contribution in [0.1, 0.15) is 21.9 Å². The number of carbonyl (C=O) groups is 1. The third-order valence-electron chi connectivity index (χ3n) is 3.57. The van der Waals surface area contributed by atoms with Crippen LogP contribution < -0.4 is 5.32 Å². The molecule has 0 saturated carbocycles. The molecule has 0 fully saturated rings. The highest BCUT2D eigenvalue weighted by atomic mass is 35.5. The van der Waals surface area contributed by atoms with Crippen LogP contribution in [0.4, 0.5) is 24.5 Å². The summed E-state index contributed by atoms with van der Waals surface area (Å²) in [5.41, 5.74) is -2.84. The molecule has 1 amide bonds. The largest absolute Gasteiger partial charge is 0.433 e. The molecule has 0 radical (unpaired) electrons. The maximum Gasteiger partial charge on any atom is 0.433 e. The lowest BCUT2D eigenvalue weighted by Gasteiger charge is -2.09. The Morgan fingerprint density at radius 2 is 1.96 bits per heavy atom. The number of rotatable bonds is 3. The number of carbonyl (C=O) groups excluding carboxylic acids is 1. The third kappa shape index (κ3) is 3.58. The minimum atomic E-state index is -4.77. The molecule has 0 aliphatic carbocycles. The van der Waals surface area contributed by atoms with Crippen LogP contribution in [0.25, 0.3) is 5.65 Å². The van der Waals surface area contributed by atoms with Gasteiger partial charge in [-0.25, -0.2) is 9.50 Å². The quantitative estimate of drug-likeness (QED) is 0.482. The first-order valence-corrected chi connectivity index (χ1v) is 8.13. The molecule has 13 heteroatoms. The molecule has 28 heavy (non-hydrogen) atoms. The van der Waals surface area contributed by atoms with E-state index in [1.807, 2.05) is 0 Å². The van der Waals surface area contributed by atoms with Crippen molar-refractivity contribution in [1.82, 2.24) is 14.6 Å². The van der Waals surface area contributed by atoms with Gasteiger partial charge in [-0.05, 0) is 25.1 Å². The van der Waals surface area contributed by atoms with Gasteiger partial charge in [0.15, 0.2) is 11.3 Å². The van der Waals surface area contributed by atoms with Crippen molar-refractivity contribution in [1.29, 1.82) is 0 Å². The third-order valence-corrected chi connectivity index (χ3v) is 4.15. The van der Waals surface area contributed by atoms with Crippen molar-refractivity contribution in [3.63, 3.8) is 0 Å². The van der Waals surface area contributed by atoms with E-state index in [1.165, 1.54) is 19.1 Å². The van der Waals surface area contributed by atoms with E-state index in [4.69, 9.17) is 23.2 Å². The van der Waals surface area contributed by atoms with E-state index in [2.05, 4.69) is 15.4 Å². The van der Waals surface area contributed by atoms with Crippen molar-refractivity contribution in [3.8, 4) is 0 Å². The van der Waals surface area contributed by atoms with Gasteiger partial charge in [0, 0.05) is 16.8 Å². The summed E-state index contributed by atoms with van der Waals surface area (Å²) >= 11 is 11.7. The fraction of sp³-hybridized carbons (Fsp3) is 0.133. The number of nitrogens with one attached hydrogen (secondary N) is 1. The molecule has 2 heterocycles. The molecule has 0 saturated heterocycles. The van der Waals surface area contributed by atoms with E-state index in [-0.39, 0.29) is 22.1 Å². The number of aromatic nitrogens is 3. The summed E-state index contributed by atoms with van der Waals surface area (Å²) in [6.45, 7) is 1.33. The number of amides is 1. The van der Waals surface area contributed by atoms with Crippen LogP contribution in [0.2, 0.25) is 10.0 Å². The predicted molar refractivity (Wildman–Crippen MR) is 93.8 cm³/mol. The maximum atomic E-state index is 13.2. The van der Waals surface area contributed by atoms with E-state index in [1.54, 1.807) is 0 Å². The molecule has 3 aromatic rings. The number of nitro groups is 1. The lowest BCUT2D eigenvalue weighted by molar-refractivity contribution is -0.383. The standard InChI is InChI=1S/C15H8Cl2F3N5O3/c1-6-4-10(15(18,19)20)24-13(21-6)11(17)12(23-24)14(26)22-8-3-2-7(16)5-9(8)25(27)28/h2-5H,1H3,(H,22,26). The van der Waals surface area contributed by atoms with Crippen molar-refractivity contribution < 1.29 is 22.9 Å². The monoisotopic (exact) mass is 433 g/mol. The average Bonchev–Trinajstić information content (AvgIpc) is 2.91. The highest BCUT2D eigenvalue weighted by Gasteiger charge is 2.36. The number of benzene rings is 1. The molecule has 0 atom stereocenters. The zero-order chi connectivity index (χ0) is 20.8. The number of halogens is 5. The second-order valence-electron chi connectivity index (χ2n) is 5.55. The van der Waals surface area contributed by atoms with Crippen LogP contribution in [-0.2, 0) is 6.18 Å². The first-order chi connectivity index (χ1) is 13.0. The normalized spacial score (nSPS) is 11.6. The molecular formula is C15H8Cl2F3N5O3. The zero-order valence-electron chi connectivity index (χ0n) is 13.7. The van der Waals surface area contributed by atoms with Gasteiger partial charge in [-0.1, -0.05) is 23.2 Å². The van der Waals surface area contributed by atoms with E-state index in [0.717, 1.165) is 12.1 Å². The van der Waals surface area contributed by atoms with Crippen molar-refractivity contribution in [3.05, 3.63) is 61.5 Å². The average molecular weight is 434 g/mol. The second kappa shape index (κ2) is 6.91.